The molecule has 1 aliphatic heterocycles. The maximum absolute atomic E-state index is 12.5. The number of carbonyl (C=O) groups excluding carboxylic acids is 1. The van der Waals surface area contributed by atoms with E-state index in [1.165, 1.54) is 12.8 Å². The number of likely N-dealkylation sites (tertiary alicyclic amines) is 1. The molecule has 6 heteroatoms. The Morgan fingerprint density at radius 3 is 2.83 bits per heavy atom. The predicted octanol–water partition coefficient (Wildman–Crippen LogP) is 3.60. The Kier molecular flexibility index (Phi) is 4.08. The summed E-state index contributed by atoms with van der Waals surface area (Å²) >= 11 is 1.64. The molecule has 0 radical (unpaired) electrons. The lowest BCUT2D eigenvalue weighted by Gasteiger charge is -2.16. The lowest BCUT2D eigenvalue weighted by molar-refractivity contribution is -0.127. The summed E-state index contributed by atoms with van der Waals surface area (Å²) in [5.74, 6) is 1.50. The van der Waals surface area contributed by atoms with Gasteiger partial charge in [0.1, 0.15) is 0 Å². The number of amides is 1. The highest BCUT2D eigenvalue weighted by atomic mass is 32.2. The van der Waals surface area contributed by atoms with Gasteiger partial charge < -0.3 is 9.42 Å². The van der Waals surface area contributed by atoms with Crippen LogP contribution in [0.4, 0.5) is 0 Å². The summed E-state index contributed by atoms with van der Waals surface area (Å²) in [4.78, 5) is 19.1. The summed E-state index contributed by atoms with van der Waals surface area (Å²) in [6, 6.07) is 8.51. The molecule has 2 heterocycles. The van der Waals surface area contributed by atoms with Gasteiger partial charge in [-0.15, -0.1) is 11.8 Å². The van der Waals surface area contributed by atoms with Gasteiger partial charge in [0.25, 0.3) is 0 Å². The Balaban J connectivity index is 1.45. The van der Waals surface area contributed by atoms with Crippen LogP contribution in [0.5, 0.6) is 0 Å². The number of thioether (sulfide) groups is 1. The van der Waals surface area contributed by atoms with Crippen LogP contribution in [0.15, 0.2) is 28.8 Å². The van der Waals surface area contributed by atoms with Crippen LogP contribution in [0.2, 0.25) is 0 Å². The zero-order chi connectivity index (χ0) is 16.7. The molecule has 2 fully saturated rings. The van der Waals surface area contributed by atoms with E-state index in [1.807, 2.05) is 38.1 Å². The van der Waals surface area contributed by atoms with Gasteiger partial charge in [-0.1, -0.05) is 29.4 Å². The van der Waals surface area contributed by atoms with E-state index in [4.69, 9.17) is 4.52 Å². The Labute approximate surface area is 145 Å². The second-order valence-electron chi connectivity index (χ2n) is 6.59. The SMILES string of the molecule is Cc1ccccc1-c1noc([C@H](C)S[C@@H]2CCN(C3CC3)C2=O)n1. The van der Waals surface area contributed by atoms with Gasteiger partial charge in [0.05, 0.1) is 10.5 Å². The molecule has 1 aromatic heterocycles. The van der Waals surface area contributed by atoms with Crippen LogP contribution in [0.3, 0.4) is 0 Å². The standard InChI is InChI=1S/C18H21N3O2S/c1-11-5-3-4-6-14(11)16-19-17(23-20-16)12(2)24-15-9-10-21(18(15)22)13-7-8-13/h3-6,12-13,15H,7-10H2,1-2H3/t12-,15+/m0/s1. The lowest BCUT2D eigenvalue weighted by Crippen LogP contribution is -2.30. The minimum atomic E-state index is 0.0170. The third kappa shape index (κ3) is 2.95. The topological polar surface area (TPSA) is 59.2 Å². The molecule has 5 nitrogen and oxygen atoms in total. The van der Waals surface area contributed by atoms with Crippen molar-refractivity contribution in [1.82, 2.24) is 15.0 Å². The summed E-state index contributed by atoms with van der Waals surface area (Å²) in [6.45, 7) is 4.96. The van der Waals surface area contributed by atoms with E-state index in [0.29, 0.717) is 17.8 Å². The van der Waals surface area contributed by atoms with Crippen LogP contribution < -0.4 is 0 Å². The van der Waals surface area contributed by atoms with Crippen molar-refractivity contribution in [1.29, 1.82) is 0 Å². The van der Waals surface area contributed by atoms with Crippen LogP contribution in [-0.4, -0.2) is 38.8 Å². The Morgan fingerprint density at radius 2 is 2.08 bits per heavy atom. The molecule has 0 bridgehead atoms. The minimum absolute atomic E-state index is 0.0170. The number of carbonyl (C=O) groups is 1. The Bertz CT molecular complexity index is 756. The second-order valence-corrected chi connectivity index (χ2v) is 8.14. The predicted molar refractivity (Wildman–Crippen MR) is 93.6 cm³/mol. The van der Waals surface area contributed by atoms with Crippen LogP contribution in [-0.2, 0) is 4.79 Å². The number of benzene rings is 1. The number of nitrogens with zero attached hydrogens (tertiary/aromatic N) is 3. The molecule has 1 aromatic carbocycles. The van der Waals surface area contributed by atoms with Crippen LogP contribution in [0.1, 0.15) is 42.9 Å². The van der Waals surface area contributed by atoms with E-state index in [0.717, 1.165) is 24.1 Å². The lowest BCUT2D eigenvalue weighted by atomic mass is 10.1. The highest BCUT2D eigenvalue weighted by Gasteiger charge is 2.41. The summed E-state index contributed by atoms with van der Waals surface area (Å²) in [6.07, 6.45) is 3.26. The monoisotopic (exact) mass is 343 g/mol. The summed E-state index contributed by atoms with van der Waals surface area (Å²) in [5, 5.41) is 4.16. The normalized spacial score (nSPS) is 22.2. The van der Waals surface area contributed by atoms with E-state index in [2.05, 4.69) is 15.0 Å². The van der Waals surface area contributed by atoms with Gasteiger partial charge in [0, 0.05) is 18.2 Å². The molecule has 4 rings (SSSR count). The maximum Gasteiger partial charge on any atom is 0.239 e. The molecule has 1 amide bonds. The van der Waals surface area contributed by atoms with E-state index in [1.54, 1.807) is 11.8 Å². The second kappa shape index (κ2) is 6.24. The van der Waals surface area contributed by atoms with Crippen molar-refractivity contribution in [2.45, 2.75) is 49.7 Å². The third-order valence-corrected chi connectivity index (χ3v) is 6.10. The first-order valence-corrected chi connectivity index (χ1v) is 9.43. The first-order chi connectivity index (χ1) is 11.6. The van der Waals surface area contributed by atoms with Crippen molar-refractivity contribution in [3.8, 4) is 11.4 Å². The van der Waals surface area contributed by atoms with Crippen LogP contribution in [0.25, 0.3) is 11.4 Å². The van der Waals surface area contributed by atoms with Crippen molar-refractivity contribution in [2.75, 3.05) is 6.54 Å². The number of aryl methyl sites for hydroxylation is 1. The number of hydrogen-bond donors (Lipinski definition) is 0. The molecule has 1 saturated carbocycles. The van der Waals surface area contributed by atoms with E-state index >= 15 is 0 Å². The van der Waals surface area contributed by atoms with Gasteiger partial charge in [0.2, 0.25) is 17.6 Å². The van der Waals surface area contributed by atoms with Gasteiger partial charge in [-0.2, -0.15) is 4.98 Å². The highest BCUT2D eigenvalue weighted by molar-refractivity contribution is 8.00. The first-order valence-electron chi connectivity index (χ1n) is 8.49. The molecule has 1 aliphatic carbocycles. The van der Waals surface area contributed by atoms with Crippen LogP contribution in [0, 0.1) is 6.92 Å². The van der Waals surface area contributed by atoms with E-state index in [9.17, 15) is 4.79 Å². The van der Waals surface area contributed by atoms with Gasteiger partial charge in [-0.25, -0.2) is 0 Å². The van der Waals surface area contributed by atoms with E-state index < -0.39 is 0 Å². The molecule has 0 spiro atoms. The molecule has 0 N–H and O–H groups in total. The molecular weight excluding hydrogens is 322 g/mol. The molecule has 2 aliphatic rings. The van der Waals surface area contributed by atoms with Crippen molar-refractivity contribution in [2.24, 2.45) is 0 Å². The van der Waals surface area contributed by atoms with Crippen molar-refractivity contribution in [3.63, 3.8) is 0 Å². The fourth-order valence-electron chi connectivity index (χ4n) is 3.19. The number of hydrogen-bond acceptors (Lipinski definition) is 5. The first kappa shape index (κ1) is 15.7. The van der Waals surface area contributed by atoms with E-state index in [-0.39, 0.29) is 16.4 Å². The molecule has 2 aromatic rings. The Hall–Kier alpha value is -1.82. The molecule has 126 valence electrons. The smallest absolute Gasteiger partial charge is 0.239 e. The average Bonchev–Trinajstić information content (AvgIpc) is 3.18. The van der Waals surface area contributed by atoms with Crippen molar-refractivity contribution >= 4 is 17.7 Å². The van der Waals surface area contributed by atoms with Gasteiger partial charge in [-0.3, -0.25) is 4.79 Å². The molecule has 24 heavy (non-hydrogen) atoms. The summed E-state index contributed by atoms with van der Waals surface area (Å²) in [5.41, 5.74) is 2.11. The number of aromatic nitrogens is 2. The fraction of sp³-hybridized carbons (Fsp3) is 0.500. The van der Waals surface area contributed by atoms with Gasteiger partial charge in [0.15, 0.2) is 0 Å². The average molecular weight is 343 g/mol. The quantitative estimate of drug-likeness (QED) is 0.830. The zero-order valence-electron chi connectivity index (χ0n) is 13.9. The zero-order valence-corrected chi connectivity index (χ0v) is 14.8. The largest absolute Gasteiger partial charge is 0.339 e. The molecular formula is C18H21N3O2S. The molecule has 1 saturated heterocycles. The summed E-state index contributed by atoms with van der Waals surface area (Å²) in [7, 11) is 0. The third-order valence-electron chi connectivity index (χ3n) is 4.72. The summed E-state index contributed by atoms with van der Waals surface area (Å²) < 4.78 is 5.46. The highest BCUT2D eigenvalue weighted by Crippen LogP contribution is 2.39. The number of rotatable bonds is 5. The maximum atomic E-state index is 12.5. The van der Waals surface area contributed by atoms with Gasteiger partial charge in [-0.05, 0) is 38.7 Å². The van der Waals surface area contributed by atoms with Crippen molar-refractivity contribution in [3.05, 3.63) is 35.7 Å². The van der Waals surface area contributed by atoms with Gasteiger partial charge >= 0.3 is 0 Å². The fourth-order valence-corrected chi connectivity index (χ4v) is 4.39. The minimum Gasteiger partial charge on any atom is -0.339 e. The van der Waals surface area contributed by atoms with Crippen LogP contribution >= 0.6 is 11.8 Å². The van der Waals surface area contributed by atoms with Crippen molar-refractivity contribution < 1.29 is 9.32 Å². The molecule has 2 atom stereocenters. The molecule has 0 unspecified atom stereocenters. The Morgan fingerprint density at radius 1 is 1.29 bits per heavy atom.